The Morgan fingerprint density at radius 2 is 1.96 bits per heavy atom. The number of nitrogens with one attached hydrogen (secondary N) is 1. The first-order valence-corrected chi connectivity index (χ1v) is 8.35. The van der Waals surface area contributed by atoms with Crippen molar-refractivity contribution in [3.8, 4) is 10.4 Å². The number of nitro benzene ring substituents is 1. The fourth-order valence-electron chi connectivity index (χ4n) is 2.45. The van der Waals surface area contributed by atoms with E-state index in [1.165, 1.54) is 29.5 Å². The maximum Gasteiger partial charge on any atom is 0.282 e. The van der Waals surface area contributed by atoms with Crippen LogP contribution in [0.4, 0.5) is 10.8 Å². The van der Waals surface area contributed by atoms with Gasteiger partial charge in [-0.1, -0.05) is 47.2 Å². The number of aryl methyl sites for hydroxylation is 2. The molecule has 0 bridgehead atoms. The number of amides is 1. The van der Waals surface area contributed by atoms with Crippen LogP contribution in [0.1, 0.15) is 21.5 Å². The first-order chi connectivity index (χ1) is 12.0. The molecule has 3 aromatic rings. The molecule has 0 unspecified atom stereocenters. The second-order valence-corrected chi connectivity index (χ2v) is 6.61. The molecule has 126 valence electrons. The van der Waals surface area contributed by atoms with Crippen molar-refractivity contribution < 1.29 is 9.72 Å². The molecule has 0 aliphatic carbocycles. The van der Waals surface area contributed by atoms with Crippen molar-refractivity contribution in [3.63, 3.8) is 0 Å². The Kier molecular flexibility index (Phi) is 4.58. The van der Waals surface area contributed by atoms with Crippen molar-refractivity contribution in [3.05, 3.63) is 75.5 Å². The number of carbonyl (C=O) groups excluding carboxylic acids is 1. The molecule has 7 heteroatoms. The van der Waals surface area contributed by atoms with Gasteiger partial charge >= 0.3 is 0 Å². The van der Waals surface area contributed by atoms with Gasteiger partial charge in [-0.15, -0.1) is 0 Å². The topological polar surface area (TPSA) is 85.1 Å². The van der Waals surface area contributed by atoms with E-state index in [1.807, 2.05) is 26.0 Å². The van der Waals surface area contributed by atoms with Gasteiger partial charge in [0.25, 0.3) is 11.6 Å². The molecule has 0 aliphatic rings. The molecule has 1 heterocycles. The lowest BCUT2D eigenvalue weighted by atomic mass is 10.1. The number of rotatable bonds is 4. The molecule has 0 saturated heterocycles. The van der Waals surface area contributed by atoms with Gasteiger partial charge in [-0.05, 0) is 31.0 Å². The zero-order valence-corrected chi connectivity index (χ0v) is 14.5. The molecular weight excluding hydrogens is 338 g/mol. The molecule has 0 fully saturated rings. The Balaban J connectivity index is 1.86. The molecule has 0 atom stereocenters. The van der Waals surface area contributed by atoms with Crippen LogP contribution in [-0.2, 0) is 0 Å². The van der Waals surface area contributed by atoms with Crippen molar-refractivity contribution in [2.24, 2.45) is 0 Å². The van der Waals surface area contributed by atoms with E-state index in [0.717, 1.165) is 21.6 Å². The minimum absolute atomic E-state index is 0.0102. The third-order valence-electron chi connectivity index (χ3n) is 3.73. The summed E-state index contributed by atoms with van der Waals surface area (Å²) in [5.74, 6) is -0.547. The van der Waals surface area contributed by atoms with Crippen LogP contribution in [-0.4, -0.2) is 15.8 Å². The maximum atomic E-state index is 12.4. The number of para-hydroxylation sites is 1. The Morgan fingerprint density at radius 3 is 2.72 bits per heavy atom. The molecule has 0 aliphatic heterocycles. The predicted molar refractivity (Wildman–Crippen MR) is 98.1 cm³/mol. The summed E-state index contributed by atoms with van der Waals surface area (Å²) < 4.78 is 0. The van der Waals surface area contributed by atoms with Crippen LogP contribution in [0.15, 0.2) is 48.7 Å². The number of benzene rings is 2. The van der Waals surface area contributed by atoms with Gasteiger partial charge in [-0.2, -0.15) is 0 Å². The molecule has 1 N–H and O–H groups in total. The highest BCUT2D eigenvalue weighted by Gasteiger charge is 2.20. The Morgan fingerprint density at radius 1 is 1.20 bits per heavy atom. The van der Waals surface area contributed by atoms with Gasteiger partial charge in [0, 0.05) is 12.3 Å². The fraction of sp³-hybridized carbons (Fsp3) is 0.111. The number of aromatic nitrogens is 1. The molecule has 3 rings (SSSR count). The molecule has 25 heavy (non-hydrogen) atoms. The average Bonchev–Trinajstić information content (AvgIpc) is 3.05. The first kappa shape index (κ1) is 16.8. The summed E-state index contributed by atoms with van der Waals surface area (Å²) in [7, 11) is 0. The van der Waals surface area contributed by atoms with Crippen molar-refractivity contribution in [2.75, 3.05) is 5.32 Å². The summed E-state index contributed by atoms with van der Waals surface area (Å²) in [6.07, 6.45) is 1.70. The molecule has 0 saturated carbocycles. The highest BCUT2D eigenvalue weighted by Crippen LogP contribution is 2.32. The van der Waals surface area contributed by atoms with Gasteiger partial charge in [0.15, 0.2) is 5.13 Å². The van der Waals surface area contributed by atoms with E-state index in [0.29, 0.717) is 5.13 Å². The van der Waals surface area contributed by atoms with Gasteiger partial charge in [-0.25, -0.2) is 4.98 Å². The Bertz CT molecular complexity index is 966. The van der Waals surface area contributed by atoms with E-state index in [1.54, 1.807) is 12.3 Å². The summed E-state index contributed by atoms with van der Waals surface area (Å²) in [5.41, 5.74) is 3.09. The van der Waals surface area contributed by atoms with Crippen LogP contribution >= 0.6 is 11.3 Å². The summed E-state index contributed by atoms with van der Waals surface area (Å²) in [4.78, 5) is 28.0. The number of hydrogen-bond acceptors (Lipinski definition) is 5. The highest BCUT2D eigenvalue weighted by molar-refractivity contribution is 7.19. The Labute approximate surface area is 148 Å². The second-order valence-electron chi connectivity index (χ2n) is 5.58. The first-order valence-electron chi connectivity index (χ1n) is 7.54. The summed E-state index contributed by atoms with van der Waals surface area (Å²) in [6, 6.07) is 12.0. The van der Waals surface area contributed by atoms with E-state index >= 15 is 0 Å². The molecule has 6 nitrogen and oxygen atoms in total. The van der Waals surface area contributed by atoms with Gasteiger partial charge < -0.3 is 0 Å². The quantitative estimate of drug-likeness (QED) is 0.549. The van der Waals surface area contributed by atoms with Crippen LogP contribution in [0, 0.1) is 24.0 Å². The molecule has 1 aromatic heterocycles. The van der Waals surface area contributed by atoms with Gasteiger partial charge in [0.2, 0.25) is 0 Å². The second kappa shape index (κ2) is 6.82. The lowest BCUT2D eigenvalue weighted by Gasteiger charge is -2.04. The predicted octanol–water partition coefficient (Wildman–Crippen LogP) is 4.59. The van der Waals surface area contributed by atoms with Crippen molar-refractivity contribution in [2.45, 2.75) is 13.8 Å². The zero-order valence-electron chi connectivity index (χ0n) is 13.6. The number of thiazole rings is 1. The van der Waals surface area contributed by atoms with Crippen LogP contribution in [0.5, 0.6) is 0 Å². The minimum Gasteiger partial charge on any atom is -0.298 e. The molecule has 1 amide bonds. The number of carbonyl (C=O) groups is 1. The zero-order chi connectivity index (χ0) is 18.0. The van der Waals surface area contributed by atoms with Crippen molar-refractivity contribution in [1.82, 2.24) is 4.98 Å². The third kappa shape index (κ3) is 3.56. The van der Waals surface area contributed by atoms with Crippen molar-refractivity contribution >= 4 is 28.1 Å². The van der Waals surface area contributed by atoms with E-state index in [4.69, 9.17) is 0 Å². The summed E-state index contributed by atoms with van der Waals surface area (Å²) >= 11 is 1.33. The van der Waals surface area contributed by atoms with Crippen molar-refractivity contribution in [1.29, 1.82) is 0 Å². The third-order valence-corrected chi connectivity index (χ3v) is 4.68. The summed E-state index contributed by atoms with van der Waals surface area (Å²) in [5, 5.41) is 14.1. The molecule has 0 spiro atoms. The number of hydrogen-bond donors (Lipinski definition) is 1. The highest BCUT2D eigenvalue weighted by atomic mass is 32.1. The summed E-state index contributed by atoms with van der Waals surface area (Å²) in [6.45, 7) is 4.03. The van der Waals surface area contributed by atoms with E-state index < -0.39 is 10.8 Å². The number of anilines is 1. The lowest BCUT2D eigenvalue weighted by Crippen LogP contribution is -2.13. The van der Waals surface area contributed by atoms with Crippen LogP contribution in [0.3, 0.4) is 0 Å². The van der Waals surface area contributed by atoms with Gasteiger partial charge in [-0.3, -0.25) is 20.2 Å². The van der Waals surface area contributed by atoms with E-state index in [9.17, 15) is 14.9 Å². The Hall–Kier alpha value is -3.06. The van der Waals surface area contributed by atoms with Crippen LogP contribution in [0.25, 0.3) is 10.4 Å². The van der Waals surface area contributed by atoms with Gasteiger partial charge in [0.1, 0.15) is 5.56 Å². The molecule has 0 radical (unpaired) electrons. The maximum absolute atomic E-state index is 12.4. The smallest absolute Gasteiger partial charge is 0.282 e. The lowest BCUT2D eigenvalue weighted by molar-refractivity contribution is -0.385. The number of nitrogens with zero attached hydrogens (tertiary/aromatic N) is 2. The molecular formula is C18H15N3O3S. The van der Waals surface area contributed by atoms with Gasteiger partial charge in [0.05, 0.1) is 9.80 Å². The monoisotopic (exact) mass is 353 g/mol. The van der Waals surface area contributed by atoms with E-state index in [2.05, 4.69) is 16.4 Å². The van der Waals surface area contributed by atoms with Crippen LogP contribution < -0.4 is 5.32 Å². The fourth-order valence-corrected chi connectivity index (χ4v) is 3.34. The number of nitro groups is 1. The SMILES string of the molecule is Cc1ccc(C)c(-c2cnc(NC(=O)c3ccccc3[N+](=O)[O-])s2)c1. The standard InChI is InChI=1S/C18H15N3O3S/c1-11-7-8-12(2)14(9-11)16-10-19-18(25-16)20-17(22)13-5-3-4-6-15(13)21(23)24/h3-10H,1-2H3,(H,19,20,22). The minimum atomic E-state index is -0.571. The largest absolute Gasteiger partial charge is 0.298 e. The normalized spacial score (nSPS) is 10.5. The van der Waals surface area contributed by atoms with Crippen LogP contribution in [0.2, 0.25) is 0 Å². The average molecular weight is 353 g/mol. The molecule has 2 aromatic carbocycles. The van der Waals surface area contributed by atoms with E-state index in [-0.39, 0.29) is 11.3 Å².